The molecule has 1 fully saturated rings. The number of aliphatic hydroxyl groups is 1. The molecule has 1 saturated heterocycles. The number of pyridine rings is 1. The van der Waals surface area contributed by atoms with Crippen LogP contribution >= 0.6 is 11.3 Å². The van der Waals surface area contributed by atoms with Gasteiger partial charge in [-0.2, -0.15) is 0 Å². The first-order valence-corrected chi connectivity index (χ1v) is 9.44. The molecule has 0 saturated carbocycles. The van der Waals surface area contributed by atoms with E-state index in [0.29, 0.717) is 30.1 Å². The zero-order valence-corrected chi connectivity index (χ0v) is 15.3. The van der Waals surface area contributed by atoms with Gasteiger partial charge in [-0.05, 0) is 54.6 Å². The Morgan fingerprint density at radius 3 is 2.88 bits per heavy atom. The van der Waals surface area contributed by atoms with Gasteiger partial charge in [-0.3, -0.25) is 4.79 Å². The number of aryl methyl sites for hydroxylation is 2. The topological polar surface area (TPSA) is 65.8 Å². The summed E-state index contributed by atoms with van der Waals surface area (Å²) in [7, 11) is 0. The first-order chi connectivity index (χ1) is 12.5. The Morgan fingerprint density at radius 2 is 2.04 bits per heavy atom. The molecule has 0 aliphatic carbocycles. The Labute approximate surface area is 154 Å². The summed E-state index contributed by atoms with van der Waals surface area (Å²) in [5.41, 5.74) is 2.55. The summed E-state index contributed by atoms with van der Waals surface area (Å²) in [6.45, 7) is 4.50. The molecule has 1 N–H and O–H groups in total. The predicted molar refractivity (Wildman–Crippen MR) is 104 cm³/mol. The number of Topliss-reactive ketones (excluding diaryl/α,β-unsaturated/α-hetero) is 1. The van der Waals surface area contributed by atoms with Crippen molar-refractivity contribution >= 4 is 44.5 Å². The van der Waals surface area contributed by atoms with E-state index in [1.165, 1.54) is 0 Å². The van der Waals surface area contributed by atoms with Gasteiger partial charge in [-0.25, -0.2) is 9.98 Å². The lowest BCUT2D eigenvalue weighted by Crippen LogP contribution is -2.48. The molecule has 3 aromatic rings. The third kappa shape index (κ3) is 2.03. The number of carbonyl (C=O) groups excluding carboxylic acids is 1. The number of hydrogen-bond acceptors (Lipinski definition) is 6. The Morgan fingerprint density at radius 1 is 1.23 bits per heavy atom. The van der Waals surface area contributed by atoms with Gasteiger partial charge >= 0.3 is 0 Å². The number of anilines is 1. The lowest BCUT2D eigenvalue weighted by Gasteiger charge is -2.30. The summed E-state index contributed by atoms with van der Waals surface area (Å²) in [6, 6.07) is 7.82. The molecular weight excluding hydrogens is 346 g/mol. The van der Waals surface area contributed by atoms with Crippen LogP contribution in [0.5, 0.6) is 0 Å². The molecule has 26 heavy (non-hydrogen) atoms. The smallest absolute Gasteiger partial charge is 0.204 e. The molecule has 4 heterocycles. The molecule has 0 radical (unpaired) electrons. The molecule has 0 amide bonds. The van der Waals surface area contributed by atoms with Crippen molar-refractivity contribution in [1.82, 2.24) is 4.98 Å². The standard InChI is InChI=1S/C20H17N3O2S/c1-11-7-15-16(8-12(11)2)22-19-20(25,17(15)24)4-5-23(19)14-9-13-3-6-26-18(13)21-10-14/h3,6-10,25H,4-5H2,1-2H3. The van der Waals surface area contributed by atoms with Crippen LogP contribution in [0.4, 0.5) is 11.4 Å². The molecule has 6 heteroatoms. The van der Waals surface area contributed by atoms with Crippen LogP contribution in [0.3, 0.4) is 0 Å². The van der Waals surface area contributed by atoms with Crippen LogP contribution in [0.1, 0.15) is 27.9 Å². The quantitative estimate of drug-likeness (QED) is 0.714. The van der Waals surface area contributed by atoms with E-state index >= 15 is 0 Å². The van der Waals surface area contributed by atoms with Crippen molar-refractivity contribution in [3.8, 4) is 0 Å². The highest BCUT2D eigenvalue weighted by Crippen LogP contribution is 2.40. The van der Waals surface area contributed by atoms with E-state index in [1.54, 1.807) is 17.5 Å². The minimum absolute atomic E-state index is 0.257. The van der Waals surface area contributed by atoms with E-state index in [0.717, 1.165) is 27.0 Å². The number of thiophene rings is 1. The predicted octanol–water partition coefficient (Wildman–Crippen LogP) is 3.78. The number of fused-ring (bicyclic) bond motifs is 3. The minimum atomic E-state index is -1.56. The summed E-state index contributed by atoms with van der Waals surface area (Å²) in [5, 5.41) is 14.2. The van der Waals surface area contributed by atoms with E-state index in [9.17, 15) is 9.90 Å². The Bertz CT molecular complexity index is 1120. The molecular formula is C20H17N3O2S. The van der Waals surface area contributed by atoms with Crippen LogP contribution in [0.2, 0.25) is 0 Å². The number of nitrogens with zero attached hydrogens (tertiary/aromatic N) is 3. The molecule has 0 spiro atoms. The van der Waals surface area contributed by atoms with Gasteiger partial charge < -0.3 is 10.0 Å². The highest BCUT2D eigenvalue weighted by Gasteiger charge is 2.52. The maximum atomic E-state index is 13.1. The first kappa shape index (κ1) is 15.7. The molecule has 2 aliphatic heterocycles. The van der Waals surface area contributed by atoms with E-state index in [4.69, 9.17) is 4.99 Å². The van der Waals surface area contributed by atoms with Gasteiger partial charge in [0.1, 0.15) is 10.7 Å². The van der Waals surface area contributed by atoms with Gasteiger partial charge in [0, 0.05) is 23.9 Å². The van der Waals surface area contributed by atoms with Gasteiger partial charge in [-0.15, -0.1) is 11.3 Å². The zero-order chi connectivity index (χ0) is 18.1. The van der Waals surface area contributed by atoms with Crippen molar-refractivity contribution in [2.45, 2.75) is 25.9 Å². The number of ketones is 1. The second-order valence-electron chi connectivity index (χ2n) is 6.99. The number of benzene rings is 1. The molecule has 0 bridgehead atoms. The third-order valence-electron chi connectivity index (χ3n) is 5.38. The van der Waals surface area contributed by atoms with E-state index in [2.05, 4.69) is 4.98 Å². The average Bonchev–Trinajstić information content (AvgIpc) is 3.22. The van der Waals surface area contributed by atoms with Gasteiger partial charge in [0.15, 0.2) is 5.60 Å². The maximum absolute atomic E-state index is 13.1. The molecule has 2 aromatic heterocycles. The number of aliphatic imine (C=N–C) groups is 1. The van der Waals surface area contributed by atoms with Crippen molar-refractivity contribution in [3.63, 3.8) is 0 Å². The van der Waals surface area contributed by atoms with Crippen LogP contribution in [-0.2, 0) is 0 Å². The minimum Gasteiger partial charge on any atom is -0.374 e. The number of rotatable bonds is 1. The SMILES string of the molecule is Cc1cc2c(cc1C)C(=O)C1(O)CCN(c3cnc4sccc4c3)C1=N2. The normalized spacial score (nSPS) is 21.7. The molecule has 1 aromatic carbocycles. The molecule has 5 nitrogen and oxygen atoms in total. The molecule has 2 aliphatic rings. The fraction of sp³-hybridized carbons (Fsp3) is 0.250. The summed E-state index contributed by atoms with van der Waals surface area (Å²) in [5.74, 6) is 0.155. The zero-order valence-electron chi connectivity index (χ0n) is 14.5. The second kappa shape index (κ2) is 5.22. The van der Waals surface area contributed by atoms with Crippen molar-refractivity contribution in [3.05, 3.63) is 52.5 Å². The van der Waals surface area contributed by atoms with Crippen LogP contribution in [-0.4, -0.2) is 33.9 Å². The van der Waals surface area contributed by atoms with Crippen LogP contribution in [0.25, 0.3) is 10.2 Å². The lowest BCUT2D eigenvalue weighted by atomic mass is 9.86. The van der Waals surface area contributed by atoms with Gasteiger partial charge in [0.25, 0.3) is 0 Å². The van der Waals surface area contributed by atoms with Crippen molar-refractivity contribution in [2.24, 2.45) is 4.99 Å². The summed E-state index contributed by atoms with van der Waals surface area (Å²) in [4.78, 5) is 25.1. The highest BCUT2D eigenvalue weighted by atomic mass is 32.1. The van der Waals surface area contributed by atoms with Gasteiger partial charge in [0.05, 0.1) is 17.6 Å². The van der Waals surface area contributed by atoms with E-state index in [1.807, 2.05) is 48.4 Å². The van der Waals surface area contributed by atoms with E-state index < -0.39 is 5.60 Å². The Balaban J connectivity index is 1.67. The number of carbonyl (C=O) groups is 1. The van der Waals surface area contributed by atoms with Crippen LogP contribution < -0.4 is 4.90 Å². The number of amidine groups is 1. The fourth-order valence-electron chi connectivity index (χ4n) is 3.74. The summed E-state index contributed by atoms with van der Waals surface area (Å²) < 4.78 is 0. The molecule has 130 valence electrons. The van der Waals surface area contributed by atoms with Gasteiger partial charge in [-0.1, -0.05) is 0 Å². The molecule has 1 atom stereocenters. The molecule has 1 unspecified atom stereocenters. The first-order valence-electron chi connectivity index (χ1n) is 8.56. The van der Waals surface area contributed by atoms with Crippen LogP contribution in [0.15, 0.2) is 40.8 Å². The summed E-state index contributed by atoms with van der Waals surface area (Å²) >= 11 is 1.59. The molecule has 5 rings (SSSR count). The maximum Gasteiger partial charge on any atom is 0.204 e. The third-order valence-corrected chi connectivity index (χ3v) is 6.22. The second-order valence-corrected chi connectivity index (χ2v) is 7.88. The van der Waals surface area contributed by atoms with Crippen LogP contribution in [0, 0.1) is 13.8 Å². The monoisotopic (exact) mass is 363 g/mol. The summed E-state index contributed by atoms with van der Waals surface area (Å²) in [6.07, 6.45) is 2.12. The highest BCUT2D eigenvalue weighted by molar-refractivity contribution is 7.16. The Hall–Kier alpha value is -2.57. The number of aromatic nitrogens is 1. The van der Waals surface area contributed by atoms with Crippen molar-refractivity contribution in [1.29, 1.82) is 0 Å². The van der Waals surface area contributed by atoms with E-state index in [-0.39, 0.29) is 5.78 Å². The largest absolute Gasteiger partial charge is 0.374 e. The number of hydrogen-bond donors (Lipinski definition) is 1. The fourth-order valence-corrected chi connectivity index (χ4v) is 4.46. The van der Waals surface area contributed by atoms with Crippen molar-refractivity contribution in [2.75, 3.05) is 11.4 Å². The average molecular weight is 363 g/mol. The van der Waals surface area contributed by atoms with Gasteiger partial charge in [0.2, 0.25) is 5.78 Å². The lowest BCUT2D eigenvalue weighted by molar-refractivity contribution is 0.0602. The van der Waals surface area contributed by atoms with Crippen molar-refractivity contribution < 1.29 is 9.90 Å². The Kier molecular flexibility index (Phi) is 3.14.